The predicted molar refractivity (Wildman–Crippen MR) is 112 cm³/mol. The molecule has 5 rings (SSSR count). The molecule has 136 valence electrons. The van der Waals surface area contributed by atoms with Crippen LogP contribution < -0.4 is 0 Å². The first-order chi connectivity index (χ1) is 13.6. The highest BCUT2D eigenvalue weighted by Crippen LogP contribution is 2.25. The van der Waals surface area contributed by atoms with Crippen molar-refractivity contribution in [2.24, 2.45) is 0 Å². The molecule has 0 aliphatic carbocycles. The van der Waals surface area contributed by atoms with Crippen LogP contribution in [0.25, 0.3) is 45.8 Å². The fraction of sp³-hybridized carbons (Fsp3) is 0.0833. The third kappa shape index (κ3) is 3.09. The van der Waals surface area contributed by atoms with E-state index in [1.165, 1.54) is 11.1 Å². The Bertz CT molecular complexity index is 1320. The second-order valence-corrected chi connectivity index (χ2v) is 6.97. The van der Waals surface area contributed by atoms with Crippen molar-refractivity contribution >= 4 is 34.4 Å². The minimum absolute atomic E-state index is 0.596. The minimum atomic E-state index is 0.596. The van der Waals surface area contributed by atoms with Gasteiger partial charge in [-0.05, 0) is 73.0 Å². The van der Waals surface area contributed by atoms with E-state index in [2.05, 4.69) is 9.97 Å². The van der Waals surface area contributed by atoms with Gasteiger partial charge in [-0.2, -0.15) is 0 Å². The molecule has 0 aliphatic rings. The number of aryl methyl sites for hydroxylation is 2. The van der Waals surface area contributed by atoms with Crippen molar-refractivity contribution in [1.29, 1.82) is 0 Å². The SMILES string of the molecule is Cc1ccc2oc(/C=C/c3ccc(-c4nc5cc(C)ccc5o4)cc3)nc2c1. The molecule has 0 aliphatic heterocycles. The molecular formula is C24H18N2O2. The summed E-state index contributed by atoms with van der Waals surface area (Å²) in [7, 11) is 0. The molecule has 0 radical (unpaired) electrons. The van der Waals surface area contributed by atoms with E-state index in [-0.39, 0.29) is 0 Å². The van der Waals surface area contributed by atoms with Crippen molar-refractivity contribution in [3.05, 3.63) is 83.2 Å². The van der Waals surface area contributed by atoms with E-state index in [0.717, 1.165) is 33.3 Å². The van der Waals surface area contributed by atoms with Crippen LogP contribution in [0.5, 0.6) is 0 Å². The van der Waals surface area contributed by atoms with Crippen molar-refractivity contribution in [3.63, 3.8) is 0 Å². The number of aromatic nitrogens is 2. The second-order valence-electron chi connectivity index (χ2n) is 6.97. The Morgan fingerprint density at radius 2 is 1.32 bits per heavy atom. The molecule has 2 aromatic heterocycles. The summed E-state index contributed by atoms with van der Waals surface area (Å²) in [6.07, 6.45) is 3.86. The van der Waals surface area contributed by atoms with E-state index in [9.17, 15) is 0 Å². The molecular weight excluding hydrogens is 348 g/mol. The molecule has 3 aromatic carbocycles. The lowest BCUT2D eigenvalue weighted by atomic mass is 10.1. The Labute approximate surface area is 162 Å². The lowest BCUT2D eigenvalue weighted by Gasteiger charge is -1.96. The highest BCUT2D eigenvalue weighted by atomic mass is 16.4. The van der Waals surface area contributed by atoms with Gasteiger partial charge in [-0.25, -0.2) is 9.97 Å². The monoisotopic (exact) mass is 366 g/mol. The molecule has 28 heavy (non-hydrogen) atoms. The first-order valence-corrected chi connectivity index (χ1v) is 9.17. The van der Waals surface area contributed by atoms with Gasteiger partial charge in [0.05, 0.1) is 0 Å². The summed E-state index contributed by atoms with van der Waals surface area (Å²) in [6.45, 7) is 4.09. The molecule has 0 saturated heterocycles. The summed E-state index contributed by atoms with van der Waals surface area (Å²) in [6, 6.07) is 20.1. The standard InChI is InChI=1S/C24H18N2O2/c1-15-3-10-21-19(13-15)25-23(27-21)12-7-17-5-8-18(9-6-17)24-26-20-14-16(2)4-11-22(20)28-24/h3-14H,1-2H3/b12-7+. The highest BCUT2D eigenvalue weighted by Gasteiger charge is 2.08. The number of rotatable bonds is 3. The third-order valence-corrected chi connectivity index (χ3v) is 4.68. The van der Waals surface area contributed by atoms with E-state index in [1.807, 2.05) is 86.7 Å². The molecule has 0 N–H and O–H groups in total. The molecule has 4 heteroatoms. The summed E-state index contributed by atoms with van der Waals surface area (Å²) >= 11 is 0. The van der Waals surface area contributed by atoms with Crippen LogP contribution in [-0.4, -0.2) is 9.97 Å². The van der Waals surface area contributed by atoms with Gasteiger partial charge in [0.1, 0.15) is 11.0 Å². The number of benzene rings is 3. The fourth-order valence-electron chi connectivity index (χ4n) is 3.19. The first-order valence-electron chi connectivity index (χ1n) is 9.17. The van der Waals surface area contributed by atoms with E-state index in [1.54, 1.807) is 0 Å². The topological polar surface area (TPSA) is 52.1 Å². The first kappa shape index (κ1) is 16.5. The Kier molecular flexibility index (Phi) is 3.83. The van der Waals surface area contributed by atoms with Crippen molar-refractivity contribution in [3.8, 4) is 11.5 Å². The quantitative estimate of drug-likeness (QED) is 0.369. The van der Waals surface area contributed by atoms with Crippen LogP contribution >= 0.6 is 0 Å². The van der Waals surface area contributed by atoms with Gasteiger partial charge >= 0.3 is 0 Å². The summed E-state index contributed by atoms with van der Waals surface area (Å²) in [5.74, 6) is 1.23. The van der Waals surface area contributed by atoms with Crippen molar-refractivity contribution in [2.45, 2.75) is 13.8 Å². The molecule has 0 atom stereocenters. The van der Waals surface area contributed by atoms with Gasteiger partial charge < -0.3 is 8.83 Å². The van der Waals surface area contributed by atoms with Gasteiger partial charge in [-0.3, -0.25) is 0 Å². The van der Waals surface area contributed by atoms with Crippen LogP contribution in [0.3, 0.4) is 0 Å². The van der Waals surface area contributed by atoms with Gasteiger partial charge in [0.2, 0.25) is 11.8 Å². The lowest BCUT2D eigenvalue weighted by Crippen LogP contribution is -1.78. The molecule has 5 aromatic rings. The maximum atomic E-state index is 5.87. The highest BCUT2D eigenvalue weighted by molar-refractivity contribution is 5.78. The van der Waals surface area contributed by atoms with Gasteiger partial charge in [-0.15, -0.1) is 0 Å². The van der Waals surface area contributed by atoms with Crippen LogP contribution in [0.1, 0.15) is 22.6 Å². The van der Waals surface area contributed by atoms with Crippen molar-refractivity contribution in [2.75, 3.05) is 0 Å². The number of hydrogen-bond donors (Lipinski definition) is 0. The average Bonchev–Trinajstić information content (AvgIpc) is 3.29. The second kappa shape index (κ2) is 6.50. The molecule has 2 heterocycles. The summed E-state index contributed by atoms with van der Waals surface area (Å²) in [5.41, 5.74) is 7.69. The average molecular weight is 366 g/mol. The van der Waals surface area contributed by atoms with Crippen LogP contribution in [0.2, 0.25) is 0 Å². The van der Waals surface area contributed by atoms with Gasteiger partial charge in [0.25, 0.3) is 0 Å². The summed E-state index contributed by atoms with van der Waals surface area (Å²) in [4.78, 5) is 9.10. The van der Waals surface area contributed by atoms with Crippen LogP contribution in [0.15, 0.2) is 69.5 Å². The Morgan fingerprint density at radius 1 is 0.679 bits per heavy atom. The Balaban J connectivity index is 1.39. The molecule has 0 saturated carbocycles. The van der Waals surface area contributed by atoms with Crippen LogP contribution in [0.4, 0.5) is 0 Å². The van der Waals surface area contributed by atoms with E-state index in [0.29, 0.717) is 11.8 Å². The molecule has 0 bridgehead atoms. The number of oxazole rings is 2. The normalized spacial score (nSPS) is 11.8. The fourth-order valence-corrected chi connectivity index (χ4v) is 3.19. The zero-order valence-corrected chi connectivity index (χ0v) is 15.6. The Hall–Kier alpha value is -3.66. The summed E-state index contributed by atoms with van der Waals surface area (Å²) < 4.78 is 11.6. The third-order valence-electron chi connectivity index (χ3n) is 4.68. The summed E-state index contributed by atoms with van der Waals surface area (Å²) in [5, 5.41) is 0. The maximum absolute atomic E-state index is 5.87. The largest absolute Gasteiger partial charge is 0.437 e. The van der Waals surface area contributed by atoms with Gasteiger partial charge in [0.15, 0.2) is 11.2 Å². The van der Waals surface area contributed by atoms with Gasteiger partial charge in [0, 0.05) is 11.6 Å². The predicted octanol–water partition coefficient (Wildman–Crippen LogP) is 6.42. The minimum Gasteiger partial charge on any atom is -0.437 e. The number of nitrogens with zero attached hydrogens (tertiary/aromatic N) is 2. The Morgan fingerprint density at radius 3 is 2.04 bits per heavy atom. The number of fused-ring (bicyclic) bond motifs is 2. The lowest BCUT2D eigenvalue weighted by molar-refractivity contribution is 0.589. The molecule has 0 unspecified atom stereocenters. The van der Waals surface area contributed by atoms with Crippen LogP contribution in [-0.2, 0) is 0 Å². The zero-order valence-electron chi connectivity index (χ0n) is 15.6. The van der Waals surface area contributed by atoms with Gasteiger partial charge in [-0.1, -0.05) is 24.3 Å². The smallest absolute Gasteiger partial charge is 0.227 e. The zero-order chi connectivity index (χ0) is 19.1. The van der Waals surface area contributed by atoms with Crippen molar-refractivity contribution in [1.82, 2.24) is 9.97 Å². The molecule has 0 spiro atoms. The van der Waals surface area contributed by atoms with E-state index in [4.69, 9.17) is 8.83 Å². The molecule has 0 amide bonds. The van der Waals surface area contributed by atoms with E-state index >= 15 is 0 Å². The van der Waals surface area contributed by atoms with Crippen LogP contribution in [0, 0.1) is 13.8 Å². The van der Waals surface area contributed by atoms with E-state index < -0.39 is 0 Å². The van der Waals surface area contributed by atoms with Crippen molar-refractivity contribution < 1.29 is 8.83 Å². The maximum Gasteiger partial charge on any atom is 0.227 e. The number of hydrogen-bond acceptors (Lipinski definition) is 4. The molecule has 4 nitrogen and oxygen atoms in total. The molecule has 0 fully saturated rings.